The molecule has 2 atom stereocenters. The van der Waals surface area contributed by atoms with Crippen LogP contribution in [-0.2, 0) is 16.1 Å². The summed E-state index contributed by atoms with van der Waals surface area (Å²) in [4.78, 5) is 24.6. The van der Waals surface area contributed by atoms with Crippen molar-refractivity contribution in [2.24, 2.45) is 5.73 Å². The molecule has 0 fully saturated rings. The van der Waals surface area contributed by atoms with Crippen LogP contribution in [0.15, 0.2) is 12.1 Å². The van der Waals surface area contributed by atoms with Crippen molar-refractivity contribution in [3.63, 3.8) is 0 Å². The van der Waals surface area contributed by atoms with Gasteiger partial charge in [-0.3, -0.25) is 9.59 Å². The van der Waals surface area contributed by atoms with Crippen LogP contribution in [0.1, 0.15) is 37.2 Å². The lowest BCUT2D eigenvalue weighted by Gasteiger charge is -2.36. The van der Waals surface area contributed by atoms with Crippen molar-refractivity contribution >= 4 is 11.9 Å². The van der Waals surface area contributed by atoms with E-state index in [1.54, 1.807) is 4.90 Å². The summed E-state index contributed by atoms with van der Waals surface area (Å²) in [5.41, 5.74) is 8.12. The third-order valence-corrected chi connectivity index (χ3v) is 3.96. The number of amides is 1. The standard InChI is InChI=1S/C14H21N3O3/c1-9-3-5-12-10(2)17(8-7-16(9)12)14(20)11(15)4-6-13(18)19/h3,5,10-11H,4,6-8,15H2,1-2H3,(H,18,19). The second-order valence-corrected chi connectivity index (χ2v) is 5.30. The Kier molecular flexibility index (Phi) is 4.13. The highest BCUT2D eigenvalue weighted by molar-refractivity contribution is 5.82. The second kappa shape index (κ2) is 5.66. The number of carboxylic acids is 1. The minimum atomic E-state index is -0.926. The van der Waals surface area contributed by atoms with Crippen molar-refractivity contribution < 1.29 is 14.7 Å². The van der Waals surface area contributed by atoms with Crippen LogP contribution in [0, 0.1) is 6.92 Å². The topological polar surface area (TPSA) is 88.6 Å². The maximum absolute atomic E-state index is 12.3. The van der Waals surface area contributed by atoms with E-state index < -0.39 is 12.0 Å². The number of fused-ring (bicyclic) bond motifs is 1. The van der Waals surface area contributed by atoms with Gasteiger partial charge in [-0.2, -0.15) is 0 Å². The Labute approximate surface area is 118 Å². The Morgan fingerprint density at radius 2 is 2.15 bits per heavy atom. The lowest BCUT2D eigenvalue weighted by molar-refractivity contribution is -0.138. The Bertz CT molecular complexity index is 524. The zero-order valence-electron chi connectivity index (χ0n) is 11.9. The van der Waals surface area contributed by atoms with Crippen LogP contribution >= 0.6 is 0 Å². The van der Waals surface area contributed by atoms with E-state index in [1.165, 1.54) is 5.69 Å². The first-order chi connectivity index (χ1) is 9.41. The molecule has 0 aromatic carbocycles. The number of aryl methyl sites for hydroxylation is 1. The maximum atomic E-state index is 12.3. The summed E-state index contributed by atoms with van der Waals surface area (Å²) in [7, 11) is 0. The molecule has 1 aliphatic rings. The van der Waals surface area contributed by atoms with Gasteiger partial charge in [-0.1, -0.05) is 0 Å². The van der Waals surface area contributed by atoms with Gasteiger partial charge in [-0.25, -0.2) is 0 Å². The molecule has 6 nitrogen and oxygen atoms in total. The number of carboxylic acid groups (broad SMARTS) is 1. The van der Waals surface area contributed by atoms with Crippen LogP contribution < -0.4 is 5.73 Å². The summed E-state index contributed by atoms with van der Waals surface area (Å²) in [6.07, 6.45) is 0.0992. The fourth-order valence-electron chi connectivity index (χ4n) is 2.74. The minimum absolute atomic E-state index is 0.0270. The number of nitrogens with two attached hydrogens (primary N) is 1. The molecule has 2 heterocycles. The molecule has 0 saturated heterocycles. The molecular formula is C14H21N3O3. The Balaban J connectivity index is 2.07. The highest BCUT2D eigenvalue weighted by Gasteiger charge is 2.31. The summed E-state index contributed by atoms with van der Waals surface area (Å²) >= 11 is 0. The van der Waals surface area contributed by atoms with E-state index in [-0.39, 0.29) is 24.8 Å². The Morgan fingerprint density at radius 1 is 1.45 bits per heavy atom. The normalized spacial score (nSPS) is 19.6. The summed E-state index contributed by atoms with van der Waals surface area (Å²) in [5, 5.41) is 8.66. The Hall–Kier alpha value is -1.82. The third-order valence-electron chi connectivity index (χ3n) is 3.96. The van der Waals surface area contributed by atoms with Gasteiger partial charge in [-0.05, 0) is 32.4 Å². The number of aliphatic carboxylic acids is 1. The van der Waals surface area contributed by atoms with Crippen molar-refractivity contribution in [1.29, 1.82) is 0 Å². The molecular weight excluding hydrogens is 258 g/mol. The molecule has 2 unspecified atom stereocenters. The van der Waals surface area contributed by atoms with E-state index >= 15 is 0 Å². The fourth-order valence-corrected chi connectivity index (χ4v) is 2.74. The highest BCUT2D eigenvalue weighted by atomic mass is 16.4. The molecule has 1 aromatic heterocycles. The first-order valence-electron chi connectivity index (χ1n) is 6.85. The molecule has 6 heteroatoms. The summed E-state index contributed by atoms with van der Waals surface area (Å²) in [6, 6.07) is 3.31. The lowest BCUT2D eigenvalue weighted by Crippen LogP contribution is -2.48. The first kappa shape index (κ1) is 14.6. The molecule has 110 valence electrons. The molecule has 2 rings (SSSR count). The van der Waals surface area contributed by atoms with Crippen LogP contribution in [0.2, 0.25) is 0 Å². The highest BCUT2D eigenvalue weighted by Crippen LogP contribution is 2.27. The fraction of sp³-hybridized carbons (Fsp3) is 0.571. The predicted molar refractivity (Wildman–Crippen MR) is 74.1 cm³/mol. The number of hydrogen-bond donors (Lipinski definition) is 2. The number of aromatic nitrogens is 1. The van der Waals surface area contributed by atoms with Gasteiger partial charge in [-0.15, -0.1) is 0 Å². The van der Waals surface area contributed by atoms with Gasteiger partial charge in [0.25, 0.3) is 0 Å². The minimum Gasteiger partial charge on any atom is -0.481 e. The molecule has 20 heavy (non-hydrogen) atoms. The summed E-state index contributed by atoms with van der Waals surface area (Å²) in [5.74, 6) is -1.09. The summed E-state index contributed by atoms with van der Waals surface area (Å²) in [6.45, 7) is 5.40. The van der Waals surface area contributed by atoms with Gasteiger partial charge < -0.3 is 20.3 Å². The van der Waals surface area contributed by atoms with Crippen molar-refractivity contribution in [1.82, 2.24) is 9.47 Å². The molecule has 0 spiro atoms. The largest absolute Gasteiger partial charge is 0.481 e. The second-order valence-electron chi connectivity index (χ2n) is 5.30. The van der Waals surface area contributed by atoms with E-state index in [1.807, 2.05) is 26.0 Å². The van der Waals surface area contributed by atoms with E-state index in [2.05, 4.69) is 4.57 Å². The van der Waals surface area contributed by atoms with Crippen LogP contribution in [-0.4, -0.2) is 39.0 Å². The zero-order valence-corrected chi connectivity index (χ0v) is 11.9. The Morgan fingerprint density at radius 3 is 2.80 bits per heavy atom. The predicted octanol–water partition coefficient (Wildman–Crippen LogP) is 0.892. The van der Waals surface area contributed by atoms with E-state index in [0.29, 0.717) is 6.54 Å². The molecule has 1 aromatic rings. The smallest absolute Gasteiger partial charge is 0.303 e. The number of carbonyl (C=O) groups is 2. The molecule has 0 aliphatic carbocycles. The van der Waals surface area contributed by atoms with Gasteiger partial charge in [0.05, 0.1) is 12.1 Å². The SMILES string of the molecule is Cc1ccc2n1CCN(C(=O)C(N)CCC(=O)O)C2C. The monoisotopic (exact) mass is 279 g/mol. The number of rotatable bonds is 4. The van der Waals surface area contributed by atoms with Gasteiger partial charge in [0, 0.05) is 30.9 Å². The van der Waals surface area contributed by atoms with Crippen LogP contribution in [0.5, 0.6) is 0 Å². The van der Waals surface area contributed by atoms with Gasteiger partial charge in [0.2, 0.25) is 5.91 Å². The molecule has 0 saturated carbocycles. The number of nitrogens with zero attached hydrogens (tertiary/aromatic N) is 2. The van der Waals surface area contributed by atoms with Crippen molar-refractivity contribution in [2.45, 2.75) is 45.3 Å². The van der Waals surface area contributed by atoms with E-state index in [9.17, 15) is 9.59 Å². The molecule has 0 radical (unpaired) electrons. The van der Waals surface area contributed by atoms with E-state index in [0.717, 1.165) is 12.2 Å². The van der Waals surface area contributed by atoms with Gasteiger partial charge >= 0.3 is 5.97 Å². The third kappa shape index (κ3) is 2.70. The zero-order chi connectivity index (χ0) is 14.9. The first-order valence-corrected chi connectivity index (χ1v) is 6.85. The lowest BCUT2D eigenvalue weighted by atomic mass is 10.1. The van der Waals surface area contributed by atoms with Crippen molar-refractivity contribution in [3.05, 3.63) is 23.5 Å². The summed E-state index contributed by atoms with van der Waals surface area (Å²) < 4.78 is 2.21. The number of carbonyl (C=O) groups excluding carboxylic acids is 1. The van der Waals surface area contributed by atoms with Gasteiger partial charge in [0.15, 0.2) is 0 Å². The molecule has 3 N–H and O–H groups in total. The van der Waals surface area contributed by atoms with Crippen molar-refractivity contribution in [2.75, 3.05) is 6.54 Å². The molecule has 0 bridgehead atoms. The van der Waals surface area contributed by atoms with Crippen LogP contribution in [0.4, 0.5) is 0 Å². The van der Waals surface area contributed by atoms with Gasteiger partial charge in [0.1, 0.15) is 0 Å². The van der Waals surface area contributed by atoms with E-state index in [4.69, 9.17) is 10.8 Å². The average molecular weight is 279 g/mol. The maximum Gasteiger partial charge on any atom is 0.303 e. The molecule has 1 aliphatic heterocycles. The number of hydrogen-bond acceptors (Lipinski definition) is 3. The van der Waals surface area contributed by atoms with Crippen molar-refractivity contribution in [3.8, 4) is 0 Å². The quantitative estimate of drug-likeness (QED) is 0.856. The molecule has 1 amide bonds. The van der Waals surface area contributed by atoms with Crippen LogP contribution in [0.25, 0.3) is 0 Å². The average Bonchev–Trinajstić information content (AvgIpc) is 2.78. The van der Waals surface area contributed by atoms with Crippen LogP contribution in [0.3, 0.4) is 0 Å².